The molecule has 1 aromatic heterocycles. The Morgan fingerprint density at radius 3 is 2.95 bits per heavy atom. The van der Waals surface area contributed by atoms with Crippen LogP contribution in [0.25, 0.3) is 0 Å². The lowest BCUT2D eigenvalue weighted by Crippen LogP contribution is -2.33. The van der Waals surface area contributed by atoms with E-state index in [0.29, 0.717) is 6.42 Å². The van der Waals surface area contributed by atoms with Crippen LogP contribution in [0.15, 0.2) is 5.38 Å². The van der Waals surface area contributed by atoms with E-state index in [1.165, 1.54) is 12.8 Å². The molecule has 0 saturated carbocycles. The first kappa shape index (κ1) is 21.6. The number of carbonyl (C=O) groups is 1. The second-order valence-electron chi connectivity index (χ2n) is 5.56. The summed E-state index contributed by atoms with van der Waals surface area (Å²) in [5, 5.41) is 9.63. The molecule has 2 rings (SSSR count). The van der Waals surface area contributed by atoms with Crippen molar-refractivity contribution in [2.75, 3.05) is 19.6 Å². The molecular formula is C15H27Cl2N3OS. The number of thiazole rings is 1. The van der Waals surface area contributed by atoms with Gasteiger partial charge in [-0.2, -0.15) is 0 Å². The van der Waals surface area contributed by atoms with Gasteiger partial charge in [-0.25, -0.2) is 4.98 Å². The van der Waals surface area contributed by atoms with Crippen LogP contribution in [-0.2, 0) is 11.2 Å². The van der Waals surface area contributed by atoms with Gasteiger partial charge in [-0.1, -0.05) is 0 Å². The van der Waals surface area contributed by atoms with Gasteiger partial charge in [0.1, 0.15) is 0 Å². The lowest BCUT2D eigenvalue weighted by molar-refractivity contribution is -0.121. The van der Waals surface area contributed by atoms with Gasteiger partial charge in [0.25, 0.3) is 0 Å². The van der Waals surface area contributed by atoms with E-state index in [9.17, 15) is 4.79 Å². The van der Waals surface area contributed by atoms with Crippen molar-refractivity contribution in [3.05, 3.63) is 16.1 Å². The molecule has 22 heavy (non-hydrogen) atoms. The molecule has 1 fully saturated rings. The molecule has 2 N–H and O–H groups in total. The number of rotatable bonds is 7. The van der Waals surface area contributed by atoms with Crippen LogP contribution >= 0.6 is 36.2 Å². The maximum absolute atomic E-state index is 11.7. The number of hydrogen-bond donors (Lipinski definition) is 2. The van der Waals surface area contributed by atoms with E-state index in [-0.39, 0.29) is 30.7 Å². The Bertz CT molecular complexity index is 423. The number of nitrogens with zero attached hydrogens (tertiary/aromatic N) is 1. The maximum atomic E-state index is 11.7. The van der Waals surface area contributed by atoms with Crippen molar-refractivity contribution in [1.82, 2.24) is 15.6 Å². The fraction of sp³-hybridized carbons (Fsp3) is 0.733. The molecule has 0 radical (unpaired) electrons. The molecule has 1 amide bonds. The first-order chi connectivity index (χ1) is 9.74. The number of piperidine rings is 1. The summed E-state index contributed by atoms with van der Waals surface area (Å²) in [5.74, 6) is 0.919. The van der Waals surface area contributed by atoms with Crippen LogP contribution in [0.4, 0.5) is 0 Å². The molecule has 4 nitrogen and oxygen atoms in total. The van der Waals surface area contributed by atoms with Gasteiger partial charge in [0, 0.05) is 18.3 Å². The number of aromatic nitrogens is 1. The number of halogens is 2. The molecule has 1 aromatic rings. The zero-order valence-corrected chi connectivity index (χ0v) is 15.5. The molecule has 7 heteroatoms. The fourth-order valence-corrected chi connectivity index (χ4v) is 3.27. The third kappa shape index (κ3) is 8.32. The predicted octanol–water partition coefficient (Wildman–Crippen LogP) is 3.12. The molecule has 1 unspecified atom stereocenters. The third-order valence-corrected chi connectivity index (χ3v) is 4.60. The molecule has 0 aromatic carbocycles. The highest BCUT2D eigenvalue weighted by Gasteiger charge is 2.12. The van der Waals surface area contributed by atoms with Gasteiger partial charge < -0.3 is 10.6 Å². The van der Waals surface area contributed by atoms with Crippen molar-refractivity contribution >= 4 is 42.1 Å². The van der Waals surface area contributed by atoms with Gasteiger partial charge in [0.05, 0.1) is 10.7 Å². The zero-order valence-electron chi connectivity index (χ0n) is 13.1. The minimum Gasteiger partial charge on any atom is -0.356 e. The Labute approximate surface area is 149 Å². The minimum absolute atomic E-state index is 0. The molecule has 2 heterocycles. The van der Waals surface area contributed by atoms with E-state index in [2.05, 4.69) is 21.0 Å². The van der Waals surface area contributed by atoms with E-state index in [1.807, 2.05) is 6.92 Å². The Morgan fingerprint density at radius 1 is 1.50 bits per heavy atom. The van der Waals surface area contributed by atoms with Gasteiger partial charge in [-0.15, -0.1) is 36.2 Å². The Balaban J connectivity index is 0.00000220. The molecule has 0 aliphatic carbocycles. The number of carbonyl (C=O) groups excluding carboxylic acids is 1. The Kier molecular flexibility index (Phi) is 11.9. The van der Waals surface area contributed by atoms with E-state index >= 15 is 0 Å². The summed E-state index contributed by atoms with van der Waals surface area (Å²) in [6.07, 6.45) is 6.07. The second-order valence-corrected chi connectivity index (χ2v) is 6.62. The van der Waals surface area contributed by atoms with E-state index in [0.717, 1.165) is 55.5 Å². The van der Waals surface area contributed by atoms with Crippen LogP contribution in [0.1, 0.15) is 42.8 Å². The van der Waals surface area contributed by atoms with Gasteiger partial charge in [0.15, 0.2) is 0 Å². The van der Waals surface area contributed by atoms with Crippen LogP contribution in [0.2, 0.25) is 0 Å². The van der Waals surface area contributed by atoms with Crippen molar-refractivity contribution < 1.29 is 4.79 Å². The highest BCUT2D eigenvalue weighted by atomic mass is 35.5. The first-order valence-electron chi connectivity index (χ1n) is 7.62. The summed E-state index contributed by atoms with van der Waals surface area (Å²) in [6.45, 7) is 5.10. The van der Waals surface area contributed by atoms with Crippen LogP contribution in [0.5, 0.6) is 0 Å². The number of aryl methyl sites for hydroxylation is 2. The average molecular weight is 368 g/mol. The van der Waals surface area contributed by atoms with E-state index in [1.54, 1.807) is 11.3 Å². The fourth-order valence-electron chi connectivity index (χ4n) is 2.63. The quantitative estimate of drug-likeness (QED) is 0.778. The molecule has 128 valence electrons. The standard InChI is InChI=1S/C15H25N3OS.2ClH/c1-12-18-14(11-20-12)5-2-6-15(19)17-9-7-13-4-3-8-16-10-13;;/h11,13,16H,2-10H2,1H3,(H,17,19);2*1H. The predicted molar refractivity (Wildman–Crippen MR) is 97.5 cm³/mol. The molecular weight excluding hydrogens is 341 g/mol. The summed E-state index contributed by atoms with van der Waals surface area (Å²) in [7, 11) is 0. The van der Waals surface area contributed by atoms with Crippen LogP contribution in [0, 0.1) is 12.8 Å². The van der Waals surface area contributed by atoms with Gasteiger partial charge in [-0.3, -0.25) is 4.79 Å². The van der Waals surface area contributed by atoms with Gasteiger partial charge in [0.2, 0.25) is 5.91 Å². The summed E-state index contributed by atoms with van der Waals surface area (Å²) in [4.78, 5) is 16.1. The summed E-state index contributed by atoms with van der Waals surface area (Å²) in [5.41, 5.74) is 1.12. The van der Waals surface area contributed by atoms with Crippen LogP contribution in [0.3, 0.4) is 0 Å². The van der Waals surface area contributed by atoms with E-state index < -0.39 is 0 Å². The number of nitrogens with one attached hydrogen (secondary N) is 2. The average Bonchev–Trinajstić information content (AvgIpc) is 2.86. The smallest absolute Gasteiger partial charge is 0.220 e. The molecule has 1 aliphatic heterocycles. The van der Waals surface area contributed by atoms with Gasteiger partial charge in [-0.05, 0) is 58.0 Å². The second kappa shape index (κ2) is 12.1. The maximum Gasteiger partial charge on any atom is 0.220 e. The Hall–Kier alpha value is -0.360. The molecule has 0 spiro atoms. The zero-order chi connectivity index (χ0) is 14.2. The Morgan fingerprint density at radius 2 is 2.32 bits per heavy atom. The normalized spacial score (nSPS) is 17.2. The number of hydrogen-bond acceptors (Lipinski definition) is 4. The molecule has 1 atom stereocenters. The SMILES string of the molecule is Cc1nc(CCCC(=O)NCCC2CCCNC2)cs1.Cl.Cl. The summed E-state index contributed by atoms with van der Waals surface area (Å²) >= 11 is 1.68. The molecule has 0 bridgehead atoms. The third-order valence-electron chi connectivity index (χ3n) is 3.78. The molecule has 1 saturated heterocycles. The largest absolute Gasteiger partial charge is 0.356 e. The van der Waals surface area contributed by atoms with Crippen molar-refractivity contribution in [3.63, 3.8) is 0 Å². The van der Waals surface area contributed by atoms with Crippen molar-refractivity contribution in [2.45, 2.75) is 45.4 Å². The lowest BCUT2D eigenvalue weighted by atomic mass is 9.96. The molecule has 1 aliphatic rings. The minimum atomic E-state index is 0. The van der Waals surface area contributed by atoms with E-state index in [4.69, 9.17) is 0 Å². The highest BCUT2D eigenvalue weighted by Crippen LogP contribution is 2.13. The van der Waals surface area contributed by atoms with Crippen LogP contribution < -0.4 is 10.6 Å². The highest BCUT2D eigenvalue weighted by molar-refractivity contribution is 7.09. The summed E-state index contributed by atoms with van der Waals surface area (Å²) < 4.78 is 0. The van der Waals surface area contributed by atoms with Crippen LogP contribution in [-0.4, -0.2) is 30.5 Å². The lowest BCUT2D eigenvalue weighted by Gasteiger charge is -2.22. The number of amides is 1. The topological polar surface area (TPSA) is 54.0 Å². The van der Waals surface area contributed by atoms with Gasteiger partial charge >= 0.3 is 0 Å². The van der Waals surface area contributed by atoms with Crippen molar-refractivity contribution in [2.24, 2.45) is 5.92 Å². The van der Waals surface area contributed by atoms with Crippen molar-refractivity contribution in [3.8, 4) is 0 Å². The summed E-state index contributed by atoms with van der Waals surface area (Å²) in [6, 6.07) is 0. The monoisotopic (exact) mass is 367 g/mol. The first-order valence-corrected chi connectivity index (χ1v) is 8.50. The van der Waals surface area contributed by atoms with Crippen molar-refractivity contribution in [1.29, 1.82) is 0 Å².